The molecule has 0 amide bonds. The first-order valence-corrected chi connectivity index (χ1v) is 7.52. The number of hydrogen-bond donors (Lipinski definition) is 0. The van der Waals surface area contributed by atoms with Crippen molar-refractivity contribution in [2.75, 3.05) is 0 Å². The van der Waals surface area contributed by atoms with Crippen LogP contribution in [0.1, 0.15) is 25.8 Å². The summed E-state index contributed by atoms with van der Waals surface area (Å²) in [6, 6.07) is 4.38. The van der Waals surface area contributed by atoms with E-state index in [-0.39, 0.29) is 17.0 Å². The first-order chi connectivity index (χ1) is 8.86. The van der Waals surface area contributed by atoms with E-state index in [0.29, 0.717) is 12.0 Å². The van der Waals surface area contributed by atoms with E-state index in [9.17, 15) is 18.5 Å². The van der Waals surface area contributed by atoms with Gasteiger partial charge >= 0.3 is 0 Å². The molecule has 104 valence electrons. The van der Waals surface area contributed by atoms with Gasteiger partial charge < -0.3 is 0 Å². The van der Waals surface area contributed by atoms with Crippen LogP contribution in [0, 0.1) is 10.1 Å². The molecule has 1 aromatic rings. The molecule has 0 bridgehead atoms. The highest BCUT2D eigenvalue weighted by Gasteiger charge is 2.31. The summed E-state index contributed by atoms with van der Waals surface area (Å²) in [5, 5.41) is 10.5. The lowest BCUT2D eigenvalue weighted by Crippen LogP contribution is -2.18. The summed E-state index contributed by atoms with van der Waals surface area (Å²) in [5.74, 6) is 0. The number of nitro benzene ring substituents is 1. The van der Waals surface area contributed by atoms with Crippen LogP contribution < -0.4 is 0 Å². The van der Waals surface area contributed by atoms with Gasteiger partial charge in [0.2, 0.25) is 0 Å². The highest BCUT2D eigenvalue weighted by atomic mass is 32.2. The van der Waals surface area contributed by atoms with Gasteiger partial charge in [0.1, 0.15) is 4.90 Å². The molecule has 1 rings (SSSR count). The molecule has 0 saturated heterocycles. The van der Waals surface area contributed by atoms with E-state index in [1.165, 1.54) is 18.2 Å². The van der Waals surface area contributed by atoms with Gasteiger partial charge in [-0.15, -0.1) is 6.58 Å². The zero-order valence-electron chi connectivity index (χ0n) is 11.0. The maximum absolute atomic E-state index is 12.3. The third-order valence-electron chi connectivity index (χ3n) is 3.04. The van der Waals surface area contributed by atoms with Crippen molar-refractivity contribution < 1.29 is 13.3 Å². The van der Waals surface area contributed by atoms with Crippen molar-refractivity contribution in [3.8, 4) is 0 Å². The van der Waals surface area contributed by atoms with Crippen LogP contribution in [0.4, 0.5) is 5.69 Å². The van der Waals surface area contributed by atoms with Crippen molar-refractivity contribution >= 4 is 15.5 Å². The summed E-state index contributed by atoms with van der Waals surface area (Å²) in [6.07, 6.45) is 2.19. The molecule has 19 heavy (non-hydrogen) atoms. The molecule has 0 N–H and O–H groups in total. The van der Waals surface area contributed by atoms with Gasteiger partial charge in [0.15, 0.2) is 9.84 Å². The van der Waals surface area contributed by atoms with Gasteiger partial charge in [0.05, 0.1) is 10.2 Å². The molecule has 1 aromatic carbocycles. The van der Waals surface area contributed by atoms with Gasteiger partial charge in [-0.25, -0.2) is 8.42 Å². The first-order valence-electron chi connectivity index (χ1n) is 5.97. The number of allylic oxidation sites excluding steroid dienone is 1. The number of nitrogens with zero attached hydrogens (tertiary/aromatic N) is 1. The Hall–Kier alpha value is -1.69. The van der Waals surface area contributed by atoms with Gasteiger partial charge in [0.25, 0.3) is 5.69 Å². The van der Waals surface area contributed by atoms with Crippen LogP contribution in [0.2, 0.25) is 0 Å². The molecule has 1 unspecified atom stereocenters. The third-order valence-corrected chi connectivity index (χ3v) is 5.38. The molecule has 0 aliphatic rings. The van der Waals surface area contributed by atoms with Crippen molar-refractivity contribution in [1.82, 2.24) is 0 Å². The Morgan fingerprint density at radius 2 is 2.11 bits per heavy atom. The van der Waals surface area contributed by atoms with Gasteiger partial charge in [-0.3, -0.25) is 10.1 Å². The molecule has 0 aliphatic heterocycles. The second-order valence-electron chi connectivity index (χ2n) is 4.28. The monoisotopic (exact) mass is 283 g/mol. The second kappa shape index (κ2) is 5.97. The standard InChI is InChI=1S/C13H17NO4S/c1-4-7-11-8-6-9-12(13(11)14(15)16)19(17,18)10(3)5-2/h4,6,8-10H,1,5,7H2,2-3H3. The van der Waals surface area contributed by atoms with E-state index in [1.807, 2.05) is 0 Å². The van der Waals surface area contributed by atoms with Crippen LogP contribution in [0.25, 0.3) is 0 Å². The van der Waals surface area contributed by atoms with Gasteiger partial charge in [-0.2, -0.15) is 0 Å². The van der Waals surface area contributed by atoms with Crippen molar-refractivity contribution in [2.45, 2.75) is 36.8 Å². The number of benzene rings is 1. The van der Waals surface area contributed by atoms with Crippen molar-refractivity contribution in [2.24, 2.45) is 0 Å². The summed E-state index contributed by atoms with van der Waals surface area (Å²) < 4.78 is 24.6. The lowest BCUT2D eigenvalue weighted by Gasteiger charge is -2.12. The topological polar surface area (TPSA) is 77.3 Å². The maximum Gasteiger partial charge on any atom is 0.291 e. The average molecular weight is 283 g/mol. The highest BCUT2D eigenvalue weighted by molar-refractivity contribution is 7.92. The van der Waals surface area contributed by atoms with Crippen molar-refractivity contribution in [3.05, 3.63) is 46.5 Å². The molecule has 0 saturated carbocycles. The first kappa shape index (κ1) is 15.4. The maximum atomic E-state index is 12.3. The normalized spacial score (nSPS) is 12.9. The Bertz CT molecular complexity index is 593. The summed E-state index contributed by atoms with van der Waals surface area (Å²) in [6.45, 7) is 6.82. The molecule has 0 radical (unpaired) electrons. The summed E-state index contributed by atoms with van der Waals surface area (Å²) >= 11 is 0. The third kappa shape index (κ3) is 3.01. The largest absolute Gasteiger partial charge is 0.291 e. The number of rotatable bonds is 6. The van der Waals surface area contributed by atoms with Crippen LogP contribution in [-0.2, 0) is 16.3 Å². The van der Waals surface area contributed by atoms with E-state index in [0.717, 1.165) is 0 Å². The number of hydrogen-bond acceptors (Lipinski definition) is 4. The Kier molecular flexibility index (Phi) is 4.83. The number of para-hydroxylation sites is 1. The fraction of sp³-hybridized carbons (Fsp3) is 0.385. The predicted molar refractivity (Wildman–Crippen MR) is 73.9 cm³/mol. The zero-order chi connectivity index (χ0) is 14.6. The zero-order valence-corrected chi connectivity index (χ0v) is 11.8. The molecular weight excluding hydrogens is 266 g/mol. The average Bonchev–Trinajstić information content (AvgIpc) is 2.37. The minimum Gasteiger partial charge on any atom is -0.258 e. The number of nitro groups is 1. The second-order valence-corrected chi connectivity index (χ2v) is 6.61. The van der Waals surface area contributed by atoms with E-state index in [1.54, 1.807) is 19.9 Å². The number of sulfone groups is 1. The van der Waals surface area contributed by atoms with Crippen LogP contribution in [-0.4, -0.2) is 18.6 Å². The lowest BCUT2D eigenvalue weighted by molar-refractivity contribution is -0.388. The van der Waals surface area contributed by atoms with Crippen LogP contribution >= 0.6 is 0 Å². The van der Waals surface area contributed by atoms with Crippen LogP contribution in [0.15, 0.2) is 35.7 Å². The fourth-order valence-electron chi connectivity index (χ4n) is 1.76. The summed E-state index contributed by atoms with van der Waals surface area (Å²) in [7, 11) is -3.68. The van der Waals surface area contributed by atoms with Gasteiger partial charge in [0, 0.05) is 5.56 Å². The molecular formula is C13H17NO4S. The fourth-order valence-corrected chi connectivity index (χ4v) is 3.38. The Morgan fingerprint density at radius 1 is 1.47 bits per heavy atom. The quantitative estimate of drug-likeness (QED) is 0.457. The molecule has 0 aliphatic carbocycles. The van der Waals surface area contributed by atoms with E-state index < -0.39 is 20.0 Å². The molecule has 0 fully saturated rings. The molecule has 5 nitrogen and oxygen atoms in total. The minimum atomic E-state index is -3.68. The van der Waals surface area contributed by atoms with Crippen LogP contribution in [0.3, 0.4) is 0 Å². The molecule has 6 heteroatoms. The summed E-state index contributed by atoms with van der Waals surface area (Å²) in [5.41, 5.74) is 0.0343. The van der Waals surface area contributed by atoms with Crippen molar-refractivity contribution in [3.63, 3.8) is 0 Å². The Morgan fingerprint density at radius 3 is 2.58 bits per heavy atom. The molecule has 0 aromatic heterocycles. The van der Waals surface area contributed by atoms with E-state index >= 15 is 0 Å². The molecule has 0 spiro atoms. The minimum absolute atomic E-state index is 0.203. The molecule has 0 heterocycles. The van der Waals surface area contributed by atoms with Crippen LogP contribution in [0.5, 0.6) is 0 Å². The van der Waals surface area contributed by atoms with E-state index in [2.05, 4.69) is 6.58 Å². The van der Waals surface area contributed by atoms with Gasteiger partial charge in [-0.05, 0) is 25.8 Å². The Labute approximate surface area is 113 Å². The summed E-state index contributed by atoms with van der Waals surface area (Å²) in [4.78, 5) is 10.3. The highest BCUT2D eigenvalue weighted by Crippen LogP contribution is 2.31. The van der Waals surface area contributed by atoms with Gasteiger partial charge in [-0.1, -0.05) is 25.1 Å². The molecule has 1 atom stereocenters. The Balaban J connectivity index is 3.56. The SMILES string of the molecule is C=CCc1cccc(S(=O)(=O)C(C)CC)c1[N+](=O)[O-]. The smallest absolute Gasteiger partial charge is 0.258 e. The lowest BCUT2D eigenvalue weighted by atomic mass is 10.1. The van der Waals surface area contributed by atoms with E-state index in [4.69, 9.17) is 0 Å². The predicted octanol–water partition coefficient (Wildman–Crippen LogP) is 2.90. The van der Waals surface area contributed by atoms with Crippen molar-refractivity contribution in [1.29, 1.82) is 0 Å².